The van der Waals surface area contributed by atoms with Crippen molar-refractivity contribution in [3.8, 4) is 10.7 Å². The van der Waals surface area contributed by atoms with Crippen LogP contribution in [-0.2, 0) is 5.41 Å². The fourth-order valence-corrected chi connectivity index (χ4v) is 2.54. The first-order valence-corrected chi connectivity index (χ1v) is 6.24. The Balaban J connectivity index is 2.44. The van der Waals surface area contributed by atoms with Crippen LogP contribution < -0.4 is 0 Å². The second-order valence-corrected chi connectivity index (χ2v) is 5.81. The van der Waals surface area contributed by atoms with Crippen LogP contribution in [0.1, 0.15) is 32.0 Å². The lowest BCUT2D eigenvalue weighted by atomic mass is 9.93. The predicted molar refractivity (Wildman–Crippen MR) is 68.8 cm³/mol. The van der Waals surface area contributed by atoms with Gasteiger partial charge in [0, 0.05) is 17.0 Å². The van der Waals surface area contributed by atoms with E-state index >= 15 is 0 Å². The first-order chi connectivity index (χ1) is 7.48. The molecule has 2 aromatic heterocycles. The quantitative estimate of drug-likeness (QED) is 0.747. The van der Waals surface area contributed by atoms with Gasteiger partial charge in [0.05, 0.1) is 5.69 Å². The molecule has 3 heteroatoms. The minimum absolute atomic E-state index is 0.109. The molecule has 0 aromatic carbocycles. The molecule has 0 radical (unpaired) electrons. The second kappa shape index (κ2) is 3.98. The highest BCUT2D eigenvalue weighted by atomic mass is 32.1. The lowest BCUT2D eigenvalue weighted by Gasteiger charge is -2.14. The summed E-state index contributed by atoms with van der Waals surface area (Å²) in [6.45, 7) is 8.60. The molecule has 0 fully saturated rings. The van der Waals surface area contributed by atoms with Gasteiger partial charge < -0.3 is 0 Å². The maximum absolute atomic E-state index is 4.67. The molecule has 0 spiro atoms. The SMILES string of the molecule is Cc1cccnc1-c1nc(C(C)(C)C)cs1. The normalized spacial score (nSPS) is 11.8. The molecule has 0 saturated heterocycles. The molecule has 0 aliphatic carbocycles. The maximum Gasteiger partial charge on any atom is 0.142 e. The molecular formula is C13H16N2S. The third-order valence-electron chi connectivity index (χ3n) is 2.48. The zero-order valence-corrected chi connectivity index (χ0v) is 10.9. The highest BCUT2D eigenvalue weighted by molar-refractivity contribution is 7.13. The van der Waals surface area contributed by atoms with E-state index in [1.165, 1.54) is 5.56 Å². The Bertz CT molecular complexity index is 495. The Morgan fingerprint density at radius 2 is 2.00 bits per heavy atom. The van der Waals surface area contributed by atoms with Crippen LogP contribution in [0.4, 0.5) is 0 Å². The van der Waals surface area contributed by atoms with Gasteiger partial charge in [0.2, 0.25) is 0 Å². The molecule has 0 unspecified atom stereocenters. The third kappa shape index (κ3) is 2.14. The molecule has 2 aromatic rings. The van der Waals surface area contributed by atoms with Crippen LogP contribution in [-0.4, -0.2) is 9.97 Å². The van der Waals surface area contributed by atoms with E-state index in [9.17, 15) is 0 Å². The summed E-state index contributed by atoms with van der Waals surface area (Å²) in [6.07, 6.45) is 1.82. The van der Waals surface area contributed by atoms with Gasteiger partial charge in [0.25, 0.3) is 0 Å². The van der Waals surface area contributed by atoms with Gasteiger partial charge in [-0.2, -0.15) is 0 Å². The van der Waals surface area contributed by atoms with Crippen molar-refractivity contribution < 1.29 is 0 Å². The Morgan fingerprint density at radius 3 is 2.56 bits per heavy atom. The van der Waals surface area contributed by atoms with Crippen molar-refractivity contribution >= 4 is 11.3 Å². The number of hydrogen-bond acceptors (Lipinski definition) is 3. The molecule has 2 nitrogen and oxygen atoms in total. The zero-order chi connectivity index (χ0) is 11.8. The molecule has 16 heavy (non-hydrogen) atoms. The Labute approximate surface area is 100 Å². The van der Waals surface area contributed by atoms with Crippen molar-refractivity contribution in [2.24, 2.45) is 0 Å². The maximum atomic E-state index is 4.67. The molecular weight excluding hydrogens is 216 g/mol. The number of hydrogen-bond donors (Lipinski definition) is 0. The Kier molecular flexibility index (Phi) is 2.80. The number of pyridine rings is 1. The van der Waals surface area contributed by atoms with Crippen LogP contribution in [0.2, 0.25) is 0 Å². The highest BCUT2D eigenvalue weighted by Gasteiger charge is 2.18. The van der Waals surface area contributed by atoms with Crippen molar-refractivity contribution in [2.75, 3.05) is 0 Å². The molecule has 84 valence electrons. The summed E-state index contributed by atoms with van der Waals surface area (Å²) in [5, 5.41) is 3.15. The molecule has 0 aliphatic heterocycles. The lowest BCUT2D eigenvalue weighted by Crippen LogP contribution is -2.11. The molecule has 0 atom stereocenters. The van der Waals surface area contributed by atoms with E-state index in [1.807, 2.05) is 12.3 Å². The fraction of sp³-hybridized carbons (Fsp3) is 0.385. The van der Waals surface area contributed by atoms with Gasteiger partial charge in [-0.05, 0) is 18.6 Å². The van der Waals surface area contributed by atoms with E-state index in [0.29, 0.717) is 0 Å². The van der Waals surface area contributed by atoms with Gasteiger partial charge in [-0.3, -0.25) is 4.98 Å². The smallest absolute Gasteiger partial charge is 0.142 e. The molecule has 0 saturated carbocycles. The topological polar surface area (TPSA) is 25.8 Å². The number of rotatable bonds is 1. The summed E-state index contributed by atoms with van der Waals surface area (Å²) < 4.78 is 0. The van der Waals surface area contributed by atoms with E-state index in [1.54, 1.807) is 11.3 Å². The first-order valence-electron chi connectivity index (χ1n) is 5.36. The largest absolute Gasteiger partial charge is 0.253 e. The van der Waals surface area contributed by atoms with E-state index in [0.717, 1.165) is 16.4 Å². The average molecular weight is 232 g/mol. The Hall–Kier alpha value is -1.22. The number of thiazole rings is 1. The van der Waals surface area contributed by atoms with Gasteiger partial charge in [0.1, 0.15) is 10.7 Å². The monoisotopic (exact) mass is 232 g/mol. The first kappa shape index (κ1) is 11.3. The summed E-state index contributed by atoms with van der Waals surface area (Å²) in [4.78, 5) is 9.06. The van der Waals surface area contributed by atoms with Crippen molar-refractivity contribution in [1.82, 2.24) is 9.97 Å². The van der Waals surface area contributed by atoms with Crippen molar-refractivity contribution in [3.63, 3.8) is 0 Å². The summed E-state index contributed by atoms with van der Waals surface area (Å²) in [5.74, 6) is 0. The van der Waals surface area contributed by atoms with E-state index < -0.39 is 0 Å². The van der Waals surface area contributed by atoms with Gasteiger partial charge in [-0.15, -0.1) is 11.3 Å². The van der Waals surface area contributed by atoms with Crippen LogP contribution in [0.3, 0.4) is 0 Å². The van der Waals surface area contributed by atoms with Crippen molar-refractivity contribution in [2.45, 2.75) is 33.1 Å². The highest BCUT2D eigenvalue weighted by Crippen LogP contribution is 2.29. The fourth-order valence-electron chi connectivity index (χ4n) is 1.44. The lowest BCUT2D eigenvalue weighted by molar-refractivity contribution is 0.573. The molecule has 2 heterocycles. The molecule has 0 aliphatic rings. The number of aromatic nitrogens is 2. The van der Waals surface area contributed by atoms with Gasteiger partial charge in [-0.25, -0.2) is 4.98 Å². The van der Waals surface area contributed by atoms with Crippen LogP contribution in [0.5, 0.6) is 0 Å². The van der Waals surface area contributed by atoms with E-state index in [-0.39, 0.29) is 5.41 Å². The molecule has 2 rings (SSSR count). The van der Waals surface area contributed by atoms with Crippen LogP contribution in [0.15, 0.2) is 23.7 Å². The van der Waals surface area contributed by atoms with Crippen molar-refractivity contribution in [1.29, 1.82) is 0 Å². The molecule has 0 N–H and O–H groups in total. The zero-order valence-electron chi connectivity index (χ0n) is 10.1. The van der Waals surface area contributed by atoms with E-state index in [2.05, 4.69) is 49.1 Å². The van der Waals surface area contributed by atoms with Crippen LogP contribution in [0.25, 0.3) is 10.7 Å². The standard InChI is InChI=1S/C13H16N2S/c1-9-6-5-7-14-11(9)12-15-10(8-16-12)13(2,3)4/h5-8H,1-4H3. The average Bonchev–Trinajstić information content (AvgIpc) is 2.66. The minimum Gasteiger partial charge on any atom is -0.253 e. The molecule has 0 amide bonds. The third-order valence-corrected chi connectivity index (χ3v) is 3.33. The van der Waals surface area contributed by atoms with Gasteiger partial charge in [-0.1, -0.05) is 26.8 Å². The van der Waals surface area contributed by atoms with E-state index in [4.69, 9.17) is 0 Å². The summed E-state index contributed by atoms with van der Waals surface area (Å²) in [5.41, 5.74) is 3.43. The van der Waals surface area contributed by atoms with Crippen LogP contribution in [0, 0.1) is 6.92 Å². The van der Waals surface area contributed by atoms with Crippen LogP contribution >= 0.6 is 11.3 Å². The number of nitrogens with zero attached hydrogens (tertiary/aromatic N) is 2. The number of aryl methyl sites for hydroxylation is 1. The van der Waals surface area contributed by atoms with Gasteiger partial charge >= 0.3 is 0 Å². The summed E-state index contributed by atoms with van der Waals surface area (Å²) in [7, 11) is 0. The van der Waals surface area contributed by atoms with Gasteiger partial charge in [0.15, 0.2) is 0 Å². The summed E-state index contributed by atoms with van der Waals surface area (Å²) >= 11 is 1.67. The van der Waals surface area contributed by atoms with Crippen molar-refractivity contribution in [3.05, 3.63) is 35.0 Å². The minimum atomic E-state index is 0.109. The molecule has 0 bridgehead atoms. The predicted octanol–water partition coefficient (Wildman–Crippen LogP) is 3.81. The Morgan fingerprint density at radius 1 is 1.25 bits per heavy atom. The summed E-state index contributed by atoms with van der Waals surface area (Å²) in [6, 6.07) is 4.03. The second-order valence-electron chi connectivity index (χ2n) is 4.96.